The molecule has 2 N–H and O–H groups in total. The third-order valence-electron chi connectivity index (χ3n) is 2.66. The van der Waals surface area contributed by atoms with Gasteiger partial charge in [0.2, 0.25) is 0 Å². The zero-order valence-corrected chi connectivity index (χ0v) is 18.5. The number of benzene rings is 2. The van der Waals surface area contributed by atoms with Gasteiger partial charge in [0.25, 0.3) is 0 Å². The first kappa shape index (κ1) is 28.3. The summed E-state index contributed by atoms with van der Waals surface area (Å²) in [5.74, 6) is 0. The Morgan fingerprint density at radius 1 is 0.640 bits per heavy atom. The van der Waals surface area contributed by atoms with Crippen LogP contribution in [0, 0.1) is 13.3 Å². The quantitative estimate of drug-likeness (QED) is 0.159. The van der Waals surface area contributed by atoms with Gasteiger partial charge in [0.1, 0.15) is 0 Å². The van der Waals surface area contributed by atoms with Gasteiger partial charge in [-0.2, -0.15) is 0 Å². The van der Waals surface area contributed by atoms with Crippen LogP contribution in [0.5, 0.6) is 0 Å². The molecule has 0 spiro atoms. The average Bonchev–Trinajstić information content (AvgIpc) is 3.28. The Morgan fingerprint density at radius 2 is 0.960 bits per heavy atom. The maximum Gasteiger partial charge on any atom is 0.0931 e. The van der Waals surface area contributed by atoms with E-state index in [4.69, 9.17) is 9.30 Å². The topological polar surface area (TPSA) is 97.2 Å². The maximum absolute atomic E-state index is 7.50. The second-order valence-corrected chi connectivity index (χ2v) is 3.84. The summed E-state index contributed by atoms with van der Waals surface area (Å²) in [6.07, 6.45) is 3.40. The van der Waals surface area contributed by atoms with E-state index in [0.717, 1.165) is 22.1 Å². The number of halogens is 2. The van der Waals surface area contributed by atoms with Crippen LogP contribution in [0.3, 0.4) is 0 Å². The van der Waals surface area contributed by atoms with Gasteiger partial charge in [-0.25, -0.2) is 9.97 Å². The van der Waals surface area contributed by atoms with E-state index in [-0.39, 0.29) is 54.4 Å². The Morgan fingerprint density at radius 3 is 1.28 bits per heavy atom. The molecular weight excluding hydrogens is 626 g/mol. The molecule has 0 bridgehead atoms. The Kier molecular flexibility index (Phi) is 19.6. The van der Waals surface area contributed by atoms with Gasteiger partial charge in [0.15, 0.2) is 0 Å². The van der Waals surface area contributed by atoms with E-state index < -0.39 is 0 Å². The molecule has 25 heavy (non-hydrogen) atoms. The van der Waals surface area contributed by atoms with Crippen LogP contribution >= 0.6 is 0 Å². The molecule has 0 saturated heterocycles. The SMILES string of the molecule is [Br-].[Br-].[C-]#[O+].[C-]#[O+].[Re].c1ccc2[nH]cnc2c1.c1ccc2[nH]cnc2c1. The minimum absolute atomic E-state index is 0. The van der Waals surface area contributed by atoms with Crippen molar-refractivity contribution in [1.29, 1.82) is 0 Å². The summed E-state index contributed by atoms with van der Waals surface area (Å²) in [5, 5.41) is 0. The molecule has 0 fully saturated rings. The third kappa shape index (κ3) is 8.94. The summed E-state index contributed by atoms with van der Waals surface area (Å²) >= 11 is 0. The minimum Gasteiger partial charge on any atom is -0.345 e. The van der Waals surface area contributed by atoms with E-state index in [0.29, 0.717) is 0 Å². The van der Waals surface area contributed by atoms with Crippen molar-refractivity contribution in [3.8, 4) is 0 Å². The van der Waals surface area contributed by atoms with Crippen molar-refractivity contribution in [2.45, 2.75) is 0 Å². The number of aromatic nitrogens is 4. The molecule has 0 saturated carbocycles. The maximum atomic E-state index is 7.50. The predicted molar refractivity (Wildman–Crippen MR) is 80.0 cm³/mol. The van der Waals surface area contributed by atoms with Gasteiger partial charge in [-0.15, -0.1) is 0 Å². The molecule has 1 radical (unpaired) electrons. The molecule has 0 aliphatic heterocycles. The fourth-order valence-corrected chi connectivity index (χ4v) is 1.76. The van der Waals surface area contributed by atoms with Crippen molar-refractivity contribution in [2.24, 2.45) is 0 Å². The van der Waals surface area contributed by atoms with Crippen LogP contribution in [0.1, 0.15) is 0 Å². The number of nitrogens with one attached hydrogen (secondary N) is 2. The molecule has 6 nitrogen and oxygen atoms in total. The summed E-state index contributed by atoms with van der Waals surface area (Å²) in [4.78, 5) is 14.1. The fraction of sp³-hybridized carbons (Fsp3) is 0. The molecule has 4 aromatic rings. The Bertz CT molecular complexity index is 729. The summed E-state index contributed by atoms with van der Waals surface area (Å²) in [7, 11) is 0. The monoisotopic (exact) mass is 637 g/mol. The first-order chi connectivity index (χ1) is 10.9. The number of hydrogen-bond donors (Lipinski definition) is 2. The van der Waals surface area contributed by atoms with Gasteiger partial charge >= 0.3 is 22.6 Å². The van der Waals surface area contributed by atoms with Crippen molar-refractivity contribution < 1.29 is 63.7 Å². The Balaban J connectivity index is -0.000000294. The van der Waals surface area contributed by atoms with Crippen molar-refractivity contribution in [1.82, 2.24) is 19.9 Å². The first-order valence-electron chi connectivity index (χ1n) is 6.10. The first-order valence-corrected chi connectivity index (χ1v) is 6.10. The summed E-state index contributed by atoms with van der Waals surface area (Å²) < 4.78 is 15.0. The van der Waals surface area contributed by atoms with Crippen LogP contribution < -0.4 is 34.0 Å². The normalized spacial score (nSPS) is 7.52. The summed E-state index contributed by atoms with van der Waals surface area (Å²) in [6, 6.07) is 15.9. The Labute approximate surface area is 179 Å². The molecule has 2 heterocycles. The number of H-pyrrole nitrogens is 2. The molecule has 0 aliphatic rings. The van der Waals surface area contributed by atoms with Crippen LogP contribution in [0.15, 0.2) is 61.2 Å². The summed E-state index contributed by atoms with van der Waals surface area (Å²) in [6.45, 7) is 9.00. The average molecular weight is 638 g/mol. The van der Waals surface area contributed by atoms with Crippen molar-refractivity contribution in [3.63, 3.8) is 0 Å². The van der Waals surface area contributed by atoms with E-state index in [1.807, 2.05) is 48.5 Å². The molecule has 9 heteroatoms. The van der Waals surface area contributed by atoms with E-state index in [1.54, 1.807) is 12.7 Å². The fourth-order valence-electron chi connectivity index (χ4n) is 1.76. The molecule has 4 rings (SSSR count). The summed E-state index contributed by atoms with van der Waals surface area (Å²) in [5.41, 5.74) is 4.24. The Hall–Kier alpha value is -1.52. The number of aromatic amines is 2. The standard InChI is InChI=1S/2C7H6N2.2CO.2BrH.Re/c2*1-2-4-7-6(3-1)8-5-9-7;2*1-2;;;/h2*1-5H,(H,8,9);;;2*1H;/p-2. The molecule has 0 unspecified atom stereocenters. The third-order valence-corrected chi connectivity index (χ3v) is 2.66. The van der Waals surface area contributed by atoms with Crippen LogP contribution in [0.2, 0.25) is 0 Å². The van der Waals surface area contributed by atoms with Gasteiger partial charge < -0.3 is 43.9 Å². The van der Waals surface area contributed by atoms with Gasteiger partial charge in [0.05, 0.1) is 34.7 Å². The van der Waals surface area contributed by atoms with Gasteiger partial charge in [0, 0.05) is 20.4 Å². The largest absolute Gasteiger partial charge is 0.345 e. The molecule has 0 aliphatic carbocycles. The predicted octanol–water partition coefficient (Wildman–Crippen LogP) is -2.94. The number of rotatable bonds is 0. The van der Waals surface area contributed by atoms with Gasteiger partial charge in [-0.3, -0.25) is 0 Å². The van der Waals surface area contributed by atoms with Crippen molar-refractivity contribution in [2.75, 3.05) is 0 Å². The van der Waals surface area contributed by atoms with E-state index in [2.05, 4.69) is 33.2 Å². The number of nitrogens with zero attached hydrogens (tertiary/aromatic N) is 2. The number of fused-ring (bicyclic) bond motifs is 2. The van der Waals surface area contributed by atoms with Gasteiger partial charge in [-0.05, 0) is 24.3 Å². The number of imidazole rings is 2. The van der Waals surface area contributed by atoms with Crippen molar-refractivity contribution >= 4 is 22.1 Å². The zero-order chi connectivity index (χ0) is 16.2. The van der Waals surface area contributed by atoms with Crippen LogP contribution in [0.4, 0.5) is 0 Å². The van der Waals surface area contributed by atoms with E-state index in [1.165, 1.54) is 0 Å². The van der Waals surface area contributed by atoms with Crippen LogP contribution in [-0.2, 0) is 29.7 Å². The molecular formula is C16H12Br2N4O2Re-2. The minimum atomic E-state index is 0. The van der Waals surface area contributed by atoms with Crippen molar-refractivity contribution in [3.05, 3.63) is 74.5 Å². The zero-order valence-electron chi connectivity index (χ0n) is 12.6. The molecule has 2 aromatic carbocycles. The van der Waals surface area contributed by atoms with Gasteiger partial charge in [-0.1, -0.05) is 24.3 Å². The van der Waals surface area contributed by atoms with E-state index in [9.17, 15) is 0 Å². The van der Waals surface area contributed by atoms with Crippen LogP contribution in [-0.4, -0.2) is 19.9 Å². The molecule has 0 atom stereocenters. The second-order valence-electron chi connectivity index (χ2n) is 3.84. The van der Waals surface area contributed by atoms with E-state index >= 15 is 0 Å². The molecule has 0 amide bonds. The molecule has 131 valence electrons. The molecule has 2 aromatic heterocycles. The smallest absolute Gasteiger partial charge is 0.0931 e. The van der Waals surface area contributed by atoms with Crippen LogP contribution in [0.25, 0.3) is 22.1 Å². The second kappa shape index (κ2) is 17.3. The number of hydrogen-bond acceptors (Lipinski definition) is 2. The number of para-hydroxylation sites is 4.